The highest BCUT2D eigenvalue weighted by Crippen LogP contribution is 2.46. The lowest BCUT2D eigenvalue weighted by Crippen LogP contribution is -2.41. The lowest BCUT2D eigenvalue weighted by Gasteiger charge is -2.32. The van der Waals surface area contributed by atoms with Crippen LogP contribution in [0.1, 0.15) is 30.7 Å². The van der Waals surface area contributed by atoms with Crippen molar-refractivity contribution in [2.45, 2.75) is 31.2 Å². The van der Waals surface area contributed by atoms with Crippen LogP contribution in [0.2, 0.25) is 5.02 Å². The molecule has 4 heteroatoms. The average Bonchev–Trinajstić information content (AvgIpc) is 2.66. The van der Waals surface area contributed by atoms with Crippen molar-refractivity contribution in [1.29, 1.82) is 0 Å². The maximum atomic E-state index is 11.5. The summed E-state index contributed by atoms with van der Waals surface area (Å²) in [5.41, 5.74) is 7.84. The van der Waals surface area contributed by atoms with Crippen molar-refractivity contribution in [2.75, 3.05) is 5.32 Å². The molecule has 0 saturated heterocycles. The van der Waals surface area contributed by atoms with Crippen molar-refractivity contribution in [3.8, 4) is 0 Å². The molecule has 1 aliphatic heterocycles. The van der Waals surface area contributed by atoms with Crippen LogP contribution in [0.3, 0.4) is 0 Å². The van der Waals surface area contributed by atoms with Gasteiger partial charge in [-0.2, -0.15) is 0 Å². The van der Waals surface area contributed by atoms with E-state index in [9.17, 15) is 4.79 Å². The zero-order valence-corrected chi connectivity index (χ0v) is 10.2. The maximum Gasteiger partial charge on any atom is 0.222 e. The summed E-state index contributed by atoms with van der Waals surface area (Å²) < 4.78 is 0. The number of amides is 1. The fraction of sp³-hybridized carbons (Fsp3) is 0.462. The van der Waals surface area contributed by atoms with E-state index in [0.29, 0.717) is 5.92 Å². The molecule has 0 bridgehead atoms. The van der Waals surface area contributed by atoms with E-state index in [0.717, 1.165) is 30.0 Å². The first kappa shape index (κ1) is 10.9. The molecule has 1 heterocycles. The average molecular weight is 251 g/mol. The largest absolute Gasteiger partial charge is 0.381 e. The normalized spacial score (nSPS) is 30.3. The van der Waals surface area contributed by atoms with Crippen molar-refractivity contribution < 1.29 is 4.79 Å². The molecule has 1 aromatic carbocycles. The monoisotopic (exact) mass is 250 g/mol. The van der Waals surface area contributed by atoms with Gasteiger partial charge in [0.2, 0.25) is 5.91 Å². The standard InChI is InChI=1S/C13H15ClN2O/c14-7-4-5-11-10(6-7)8-2-1-3-9(13(15)17)12(8)16-11/h4-6,8-9,12,16H,1-3H2,(H2,15,17)/t8-,9+,12+/m0/s1. The predicted molar refractivity (Wildman–Crippen MR) is 68.1 cm³/mol. The van der Waals surface area contributed by atoms with Crippen molar-refractivity contribution in [2.24, 2.45) is 11.7 Å². The number of hydrogen-bond donors (Lipinski definition) is 2. The smallest absolute Gasteiger partial charge is 0.222 e. The second kappa shape index (κ2) is 3.91. The van der Waals surface area contributed by atoms with E-state index in [1.165, 1.54) is 5.56 Å². The molecule has 0 radical (unpaired) electrons. The number of hydrogen-bond acceptors (Lipinski definition) is 2. The topological polar surface area (TPSA) is 55.1 Å². The van der Waals surface area contributed by atoms with Crippen LogP contribution in [0.15, 0.2) is 18.2 Å². The summed E-state index contributed by atoms with van der Waals surface area (Å²) in [5, 5.41) is 4.19. The molecule has 2 aliphatic rings. The first-order valence-electron chi connectivity index (χ1n) is 6.02. The quantitative estimate of drug-likeness (QED) is 0.805. The third-order valence-electron chi connectivity index (χ3n) is 4.00. The van der Waals surface area contributed by atoms with Crippen LogP contribution in [0.4, 0.5) is 5.69 Å². The van der Waals surface area contributed by atoms with Crippen LogP contribution in [0, 0.1) is 5.92 Å². The van der Waals surface area contributed by atoms with E-state index in [1.54, 1.807) is 0 Å². The minimum absolute atomic E-state index is 0.0556. The fourth-order valence-electron chi connectivity index (χ4n) is 3.22. The van der Waals surface area contributed by atoms with E-state index in [-0.39, 0.29) is 17.9 Å². The number of rotatable bonds is 1. The number of benzene rings is 1. The van der Waals surface area contributed by atoms with Gasteiger partial charge in [0, 0.05) is 22.7 Å². The van der Waals surface area contributed by atoms with Crippen LogP contribution < -0.4 is 11.1 Å². The summed E-state index contributed by atoms with van der Waals surface area (Å²) >= 11 is 6.03. The van der Waals surface area contributed by atoms with Gasteiger partial charge in [-0.05, 0) is 36.6 Å². The summed E-state index contributed by atoms with van der Waals surface area (Å²) in [6.07, 6.45) is 3.06. The van der Waals surface area contributed by atoms with E-state index in [4.69, 9.17) is 17.3 Å². The number of nitrogens with two attached hydrogens (primary N) is 1. The van der Waals surface area contributed by atoms with Crippen LogP contribution in [-0.2, 0) is 4.79 Å². The minimum Gasteiger partial charge on any atom is -0.381 e. The van der Waals surface area contributed by atoms with E-state index >= 15 is 0 Å². The van der Waals surface area contributed by atoms with Crippen LogP contribution in [0.5, 0.6) is 0 Å². The first-order chi connectivity index (χ1) is 8.16. The van der Waals surface area contributed by atoms with E-state index < -0.39 is 0 Å². The number of anilines is 1. The Kier molecular flexibility index (Phi) is 2.51. The highest BCUT2D eigenvalue weighted by molar-refractivity contribution is 6.30. The van der Waals surface area contributed by atoms with Gasteiger partial charge in [-0.25, -0.2) is 0 Å². The highest BCUT2D eigenvalue weighted by atomic mass is 35.5. The lowest BCUT2D eigenvalue weighted by atomic mass is 9.76. The number of halogens is 1. The second-order valence-electron chi connectivity index (χ2n) is 4.95. The number of primary amides is 1. The Morgan fingerprint density at radius 3 is 3.00 bits per heavy atom. The van der Waals surface area contributed by atoms with Gasteiger partial charge in [0.1, 0.15) is 0 Å². The van der Waals surface area contributed by atoms with E-state index in [1.807, 2.05) is 18.2 Å². The molecule has 1 aromatic rings. The molecule has 1 amide bonds. The fourth-order valence-corrected chi connectivity index (χ4v) is 3.40. The van der Waals surface area contributed by atoms with Gasteiger partial charge in [-0.3, -0.25) is 4.79 Å². The van der Waals surface area contributed by atoms with Gasteiger partial charge in [0.25, 0.3) is 0 Å². The van der Waals surface area contributed by atoms with Crippen molar-refractivity contribution >= 4 is 23.2 Å². The molecular formula is C13H15ClN2O. The highest BCUT2D eigenvalue weighted by Gasteiger charge is 2.42. The lowest BCUT2D eigenvalue weighted by molar-refractivity contribution is -0.123. The first-order valence-corrected chi connectivity index (χ1v) is 6.40. The molecule has 0 aromatic heterocycles. The number of nitrogens with one attached hydrogen (secondary N) is 1. The summed E-state index contributed by atoms with van der Waals surface area (Å²) in [6.45, 7) is 0. The summed E-state index contributed by atoms with van der Waals surface area (Å²) in [7, 11) is 0. The zero-order valence-electron chi connectivity index (χ0n) is 9.45. The van der Waals surface area contributed by atoms with Crippen molar-refractivity contribution in [3.63, 3.8) is 0 Å². The molecule has 3 nitrogen and oxygen atoms in total. The van der Waals surface area contributed by atoms with E-state index in [2.05, 4.69) is 5.32 Å². The van der Waals surface area contributed by atoms with Crippen molar-refractivity contribution in [3.05, 3.63) is 28.8 Å². The maximum absolute atomic E-state index is 11.5. The van der Waals surface area contributed by atoms with Gasteiger partial charge < -0.3 is 11.1 Å². The Balaban J connectivity index is 1.98. The number of carbonyl (C=O) groups is 1. The third-order valence-corrected chi connectivity index (χ3v) is 4.23. The molecule has 1 aliphatic carbocycles. The summed E-state index contributed by atoms with van der Waals surface area (Å²) in [5.74, 6) is 0.140. The minimum atomic E-state index is -0.189. The van der Waals surface area contributed by atoms with Gasteiger partial charge in [0.15, 0.2) is 0 Å². The van der Waals surface area contributed by atoms with Gasteiger partial charge in [-0.1, -0.05) is 18.0 Å². The number of fused-ring (bicyclic) bond motifs is 3. The van der Waals surface area contributed by atoms with Gasteiger partial charge >= 0.3 is 0 Å². The van der Waals surface area contributed by atoms with Crippen molar-refractivity contribution in [1.82, 2.24) is 0 Å². The Bertz CT molecular complexity index is 474. The Hall–Kier alpha value is -1.22. The third kappa shape index (κ3) is 1.69. The molecule has 0 unspecified atom stereocenters. The number of carbonyl (C=O) groups excluding carboxylic acids is 1. The molecule has 3 atom stereocenters. The molecule has 90 valence electrons. The predicted octanol–water partition coefficient (Wildman–Crippen LogP) is 2.50. The molecule has 3 rings (SSSR count). The Morgan fingerprint density at radius 1 is 1.41 bits per heavy atom. The second-order valence-corrected chi connectivity index (χ2v) is 5.38. The van der Waals surface area contributed by atoms with Gasteiger partial charge in [-0.15, -0.1) is 0 Å². The molecule has 1 fully saturated rings. The summed E-state index contributed by atoms with van der Waals surface area (Å²) in [6, 6.07) is 6.05. The molecule has 3 N–H and O–H groups in total. The van der Waals surface area contributed by atoms with Gasteiger partial charge in [0.05, 0.1) is 5.92 Å². The Labute approximate surface area is 105 Å². The molecule has 1 saturated carbocycles. The zero-order chi connectivity index (χ0) is 12.0. The van der Waals surface area contributed by atoms with Crippen LogP contribution in [0.25, 0.3) is 0 Å². The SMILES string of the molecule is NC(=O)[C@@H]1CCC[C@H]2c3cc(Cl)ccc3N[C@@H]12. The van der Waals surface area contributed by atoms with Crippen LogP contribution in [-0.4, -0.2) is 11.9 Å². The molecule has 17 heavy (non-hydrogen) atoms. The Morgan fingerprint density at radius 2 is 2.24 bits per heavy atom. The summed E-state index contributed by atoms with van der Waals surface area (Å²) in [4.78, 5) is 11.5. The molecule has 0 spiro atoms. The molecular weight excluding hydrogens is 236 g/mol. The van der Waals surface area contributed by atoms with Crippen LogP contribution >= 0.6 is 11.6 Å².